The molecule has 12 N–H and O–H groups in total. The summed E-state index contributed by atoms with van der Waals surface area (Å²) in [6.45, 7) is -3.56. The Bertz CT molecular complexity index is 1180. The molecule has 4 aliphatic heterocycles. The number of aliphatic hydroxyl groups excluding tert-OH is 11. The van der Waals surface area contributed by atoms with Crippen molar-refractivity contribution in [3.05, 3.63) is 35.9 Å². The lowest BCUT2D eigenvalue weighted by molar-refractivity contribution is -0.381. The number of hydrogen-bond donors (Lipinski definition) is 12. The van der Waals surface area contributed by atoms with E-state index in [0.29, 0.717) is 5.56 Å². The molecule has 4 fully saturated rings. The maximum atomic E-state index is 11.2. The first-order valence-corrected chi connectivity index (χ1v) is 16.0. The first kappa shape index (κ1) is 39.6. The van der Waals surface area contributed by atoms with E-state index in [1.807, 2.05) is 0 Å². The highest BCUT2D eigenvalue weighted by Gasteiger charge is 2.54. The Balaban J connectivity index is 1.30. The van der Waals surface area contributed by atoms with Gasteiger partial charge in [0.05, 0.1) is 39.6 Å². The summed E-state index contributed by atoms with van der Waals surface area (Å²) in [4.78, 5) is 0. The number of aliphatic hydroxyl groups is 12. The molecule has 4 heterocycles. The standard InChI is InChI=1S/C30H46O20/c31-6-13-16(34)17(35)20(38)27(46-13)49-23-14(7-32)47-28(22(40)19(23)37)50-24-15(9-44-29-25(41)30(42,10-33)11-45-29)48-26(21(39)18(24)36)43-8-12-4-2-1-3-5-12/h1-5,13-29,31-42H,6-11H2/t13-,14-,15-,16+,17-,18+,19+,20-,21-,22-,23+,24+,25+,26+,27-,28-,29+,30-/m1/s1. The second kappa shape index (κ2) is 17.0. The average molecular weight is 727 g/mol. The van der Waals surface area contributed by atoms with Gasteiger partial charge < -0.3 is 99.2 Å². The van der Waals surface area contributed by atoms with Crippen LogP contribution in [0.4, 0.5) is 0 Å². The quantitative estimate of drug-likeness (QED) is 0.0898. The van der Waals surface area contributed by atoms with E-state index in [2.05, 4.69) is 0 Å². The molecule has 0 amide bonds. The topological polar surface area (TPSA) is 317 Å². The summed E-state index contributed by atoms with van der Waals surface area (Å²) in [7, 11) is 0. The Morgan fingerprint density at radius 3 is 1.72 bits per heavy atom. The van der Waals surface area contributed by atoms with Crippen molar-refractivity contribution in [1.29, 1.82) is 0 Å². The van der Waals surface area contributed by atoms with Crippen LogP contribution in [0.5, 0.6) is 0 Å². The molecular weight excluding hydrogens is 680 g/mol. The van der Waals surface area contributed by atoms with Gasteiger partial charge in [0, 0.05) is 0 Å². The number of hydrogen-bond acceptors (Lipinski definition) is 20. The second-order valence-corrected chi connectivity index (χ2v) is 12.6. The Morgan fingerprint density at radius 1 is 0.600 bits per heavy atom. The van der Waals surface area contributed by atoms with Crippen molar-refractivity contribution in [2.75, 3.05) is 33.0 Å². The monoisotopic (exact) mass is 726 g/mol. The normalized spacial score (nSPS) is 47.0. The van der Waals surface area contributed by atoms with Crippen LogP contribution in [-0.2, 0) is 44.5 Å². The van der Waals surface area contributed by atoms with Crippen molar-refractivity contribution in [3.63, 3.8) is 0 Å². The van der Waals surface area contributed by atoms with Crippen LogP contribution in [-0.4, -0.2) is 204 Å². The van der Waals surface area contributed by atoms with Crippen LogP contribution in [0.25, 0.3) is 0 Å². The molecule has 0 saturated carbocycles. The van der Waals surface area contributed by atoms with Crippen molar-refractivity contribution in [2.24, 2.45) is 0 Å². The SMILES string of the molecule is OC[C@H]1O[C@H](O[C@@H]2[C@@H](O)[C@@H](O)[C@@H](O[C@@H]3[C@@H](O)[C@@H](O)[C@@H](OCc4ccccc4)O[C@@H]3CO[C@H]3OC[C@](O)(CO)[C@H]3O)O[C@@H]2CO)[C@H](O)[C@H](O)[C@H]1O. The minimum absolute atomic E-state index is 0.0486. The molecule has 1 aromatic rings. The molecule has 0 radical (unpaired) electrons. The minimum atomic E-state index is -2.02. The van der Waals surface area contributed by atoms with E-state index < -0.39 is 143 Å². The molecule has 1 aromatic carbocycles. The first-order chi connectivity index (χ1) is 23.8. The summed E-state index contributed by atoms with van der Waals surface area (Å²) in [6, 6.07) is 8.80. The van der Waals surface area contributed by atoms with E-state index >= 15 is 0 Å². The molecule has 5 rings (SSSR count). The first-order valence-electron chi connectivity index (χ1n) is 16.0. The lowest BCUT2D eigenvalue weighted by Gasteiger charge is -2.48. The van der Waals surface area contributed by atoms with Crippen molar-refractivity contribution in [3.8, 4) is 0 Å². The molecule has 286 valence electrons. The average Bonchev–Trinajstić information content (AvgIpc) is 3.41. The van der Waals surface area contributed by atoms with Crippen LogP contribution in [0, 0.1) is 0 Å². The third-order valence-electron chi connectivity index (χ3n) is 9.15. The summed E-state index contributed by atoms with van der Waals surface area (Å²) < 4.78 is 44.8. The van der Waals surface area contributed by atoms with Gasteiger partial charge in [0.25, 0.3) is 0 Å². The maximum Gasteiger partial charge on any atom is 0.187 e. The molecule has 0 spiro atoms. The van der Waals surface area contributed by atoms with Gasteiger partial charge in [-0.2, -0.15) is 0 Å². The van der Waals surface area contributed by atoms with E-state index in [1.165, 1.54) is 0 Å². The largest absolute Gasteiger partial charge is 0.394 e. The highest BCUT2D eigenvalue weighted by Crippen LogP contribution is 2.34. The van der Waals surface area contributed by atoms with Crippen LogP contribution in [0.15, 0.2) is 30.3 Å². The fourth-order valence-corrected chi connectivity index (χ4v) is 6.05. The van der Waals surface area contributed by atoms with E-state index in [4.69, 9.17) is 37.9 Å². The van der Waals surface area contributed by atoms with E-state index in [-0.39, 0.29) is 6.61 Å². The zero-order chi connectivity index (χ0) is 36.3. The summed E-state index contributed by atoms with van der Waals surface area (Å²) in [5.74, 6) is 0. The third kappa shape index (κ3) is 8.30. The van der Waals surface area contributed by atoms with E-state index in [9.17, 15) is 61.3 Å². The van der Waals surface area contributed by atoms with Crippen LogP contribution in [0.3, 0.4) is 0 Å². The summed E-state index contributed by atoms with van der Waals surface area (Å²) in [5, 5.41) is 125. The zero-order valence-corrected chi connectivity index (χ0v) is 26.6. The fourth-order valence-electron chi connectivity index (χ4n) is 6.05. The van der Waals surface area contributed by atoms with E-state index in [0.717, 1.165) is 0 Å². The summed E-state index contributed by atoms with van der Waals surface area (Å²) >= 11 is 0. The van der Waals surface area contributed by atoms with Gasteiger partial charge in [0.15, 0.2) is 25.2 Å². The highest BCUT2D eigenvalue weighted by molar-refractivity contribution is 5.13. The Morgan fingerprint density at radius 2 is 1.14 bits per heavy atom. The molecule has 0 aromatic heterocycles. The Hall–Kier alpha value is -1.58. The molecule has 18 atom stereocenters. The van der Waals surface area contributed by atoms with Crippen LogP contribution < -0.4 is 0 Å². The fraction of sp³-hybridized carbons (Fsp3) is 0.800. The lowest BCUT2D eigenvalue weighted by atomic mass is 9.96. The molecule has 0 aliphatic carbocycles. The molecule has 50 heavy (non-hydrogen) atoms. The van der Waals surface area contributed by atoms with Crippen molar-refractivity contribution >= 4 is 0 Å². The number of benzene rings is 1. The molecule has 0 bridgehead atoms. The highest BCUT2D eigenvalue weighted by atomic mass is 16.8. The molecule has 20 heteroatoms. The third-order valence-corrected chi connectivity index (χ3v) is 9.15. The van der Waals surface area contributed by atoms with Crippen LogP contribution >= 0.6 is 0 Å². The molecule has 4 aliphatic rings. The second-order valence-electron chi connectivity index (χ2n) is 12.6. The molecule has 4 saturated heterocycles. The van der Waals surface area contributed by atoms with Crippen molar-refractivity contribution < 1.29 is 99.2 Å². The van der Waals surface area contributed by atoms with Crippen LogP contribution in [0.1, 0.15) is 5.56 Å². The smallest absolute Gasteiger partial charge is 0.187 e. The predicted octanol–water partition coefficient (Wildman–Crippen LogP) is -6.88. The Labute approximate surface area is 285 Å². The predicted molar refractivity (Wildman–Crippen MR) is 157 cm³/mol. The van der Waals surface area contributed by atoms with Crippen molar-refractivity contribution in [2.45, 2.75) is 117 Å². The summed E-state index contributed by atoms with van der Waals surface area (Å²) in [6.07, 6.45) is -28.7. The van der Waals surface area contributed by atoms with Crippen LogP contribution in [0.2, 0.25) is 0 Å². The number of rotatable bonds is 13. The lowest BCUT2D eigenvalue weighted by Crippen LogP contribution is -2.66. The summed E-state index contributed by atoms with van der Waals surface area (Å²) in [5.41, 5.74) is -1.31. The minimum Gasteiger partial charge on any atom is -0.394 e. The van der Waals surface area contributed by atoms with Gasteiger partial charge in [-0.3, -0.25) is 0 Å². The molecule has 0 unspecified atom stereocenters. The molecular formula is C30H46O20. The molecule has 20 nitrogen and oxygen atoms in total. The van der Waals surface area contributed by atoms with Gasteiger partial charge in [-0.1, -0.05) is 30.3 Å². The Kier molecular flexibility index (Phi) is 13.5. The van der Waals surface area contributed by atoms with Gasteiger partial charge in [-0.15, -0.1) is 0 Å². The van der Waals surface area contributed by atoms with E-state index in [1.54, 1.807) is 30.3 Å². The van der Waals surface area contributed by atoms with Gasteiger partial charge >= 0.3 is 0 Å². The van der Waals surface area contributed by atoms with Gasteiger partial charge in [0.2, 0.25) is 0 Å². The van der Waals surface area contributed by atoms with Gasteiger partial charge in [-0.05, 0) is 5.56 Å². The maximum absolute atomic E-state index is 11.2. The van der Waals surface area contributed by atoms with Gasteiger partial charge in [-0.25, -0.2) is 0 Å². The van der Waals surface area contributed by atoms with Gasteiger partial charge in [0.1, 0.15) is 85.0 Å². The number of ether oxygens (including phenoxy) is 8. The zero-order valence-electron chi connectivity index (χ0n) is 26.6. The van der Waals surface area contributed by atoms with Crippen molar-refractivity contribution in [1.82, 2.24) is 0 Å².